The molecule has 1 heterocycles. The lowest BCUT2D eigenvalue weighted by Gasteiger charge is -2.23. The highest BCUT2D eigenvalue weighted by Gasteiger charge is 2.20. The Morgan fingerprint density at radius 3 is 2.36 bits per heavy atom. The summed E-state index contributed by atoms with van der Waals surface area (Å²) in [6, 6.07) is 5.14. The summed E-state index contributed by atoms with van der Waals surface area (Å²) in [7, 11) is 0. The van der Waals surface area contributed by atoms with E-state index in [9.17, 15) is 9.59 Å². The number of hydrogen-bond donors (Lipinski definition) is 3. The van der Waals surface area contributed by atoms with Crippen LogP contribution in [0.15, 0.2) is 18.2 Å². The second kappa shape index (κ2) is 7.76. The molecule has 6 nitrogen and oxygen atoms in total. The zero-order valence-electron chi connectivity index (χ0n) is 15.9. The summed E-state index contributed by atoms with van der Waals surface area (Å²) < 4.78 is 0. The first-order valence-corrected chi connectivity index (χ1v) is 8.91. The van der Waals surface area contributed by atoms with Gasteiger partial charge in [-0.1, -0.05) is 0 Å². The van der Waals surface area contributed by atoms with Gasteiger partial charge in [0.25, 0.3) is 0 Å². The van der Waals surface area contributed by atoms with Crippen molar-refractivity contribution in [1.29, 1.82) is 0 Å². The molecule has 0 aliphatic carbocycles. The number of nitrogens with zero attached hydrogens (tertiary/aromatic N) is 1. The fraction of sp³-hybridized carbons (Fsp3) is 0.579. The van der Waals surface area contributed by atoms with Crippen LogP contribution in [0.1, 0.15) is 46.1 Å². The summed E-state index contributed by atoms with van der Waals surface area (Å²) in [5, 5.41) is 8.24. The van der Waals surface area contributed by atoms with E-state index in [0.717, 1.165) is 18.8 Å². The predicted octanol–water partition coefficient (Wildman–Crippen LogP) is 3.02. The van der Waals surface area contributed by atoms with Crippen molar-refractivity contribution >= 4 is 23.3 Å². The van der Waals surface area contributed by atoms with Crippen LogP contribution in [0.5, 0.6) is 0 Å². The Bertz CT molecular complexity index is 631. The highest BCUT2D eigenvalue weighted by molar-refractivity contribution is 5.98. The molecule has 1 aromatic carbocycles. The van der Waals surface area contributed by atoms with Crippen molar-refractivity contribution in [3.05, 3.63) is 23.8 Å². The van der Waals surface area contributed by atoms with Gasteiger partial charge in [-0.25, -0.2) is 4.79 Å². The van der Waals surface area contributed by atoms with Crippen LogP contribution in [0.3, 0.4) is 0 Å². The summed E-state index contributed by atoms with van der Waals surface area (Å²) >= 11 is 0. The van der Waals surface area contributed by atoms with Crippen molar-refractivity contribution in [1.82, 2.24) is 10.6 Å². The van der Waals surface area contributed by atoms with Crippen molar-refractivity contribution in [3.63, 3.8) is 0 Å². The van der Waals surface area contributed by atoms with Gasteiger partial charge in [-0.05, 0) is 71.2 Å². The van der Waals surface area contributed by atoms with Crippen molar-refractivity contribution in [2.75, 3.05) is 23.3 Å². The van der Waals surface area contributed by atoms with E-state index in [4.69, 9.17) is 0 Å². The van der Waals surface area contributed by atoms with Crippen LogP contribution >= 0.6 is 0 Å². The van der Waals surface area contributed by atoms with Crippen molar-refractivity contribution in [2.45, 2.75) is 59.0 Å². The molecule has 25 heavy (non-hydrogen) atoms. The van der Waals surface area contributed by atoms with E-state index < -0.39 is 12.1 Å². The minimum Gasteiger partial charge on any atom is -0.374 e. The minimum absolute atomic E-state index is 0.358. The number of carbonyl (C=O) groups is 2. The Balaban J connectivity index is 1.93. The summed E-state index contributed by atoms with van der Waals surface area (Å²) in [6.45, 7) is 11.6. The average Bonchev–Trinajstić information content (AvgIpc) is 2.99. The molecular formula is C19H30N4O2. The number of benzene rings is 1. The molecule has 6 heteroatoms. The van der Waals surface area contributed by atoms with Gasteiger partial charge in [0.05, 0.1) is 0 Å². The van der Waals surface area contributed by atoms with Crippen molar-refractivity contribution in [2.24, 2.45) is 0 Å². The molecule has 1 fully saturated rings. The number of hydrogen-bond acceptors (Lipinski definition) is 4. The van der Waals surface area contributed by atoms with E-state index in [0.29, 0.717) is 0 Å². The molecule has 1 aliphatic rings. The lowest BCUT2D eigenvalue weighted by Crippen LogP contribution is -2.51. The maximum absolute atomic E-state index is 12.2. The standard InChI is InChI=1S/C19H30N4O2/c1-13-12-15(8-9-16(13)23-10-6-7-11-23)20-14(2)17(24)21-18(25)22-19(3,4)5/h8-9,12,14,20H,6-7,10-11H2,1-5H3,(H2,21,22,24,25)/t14-/m0/s1. The van der Waals surface area contributed by atoms with Crippen LogP contribution < -0.4 is 20.9 Å². The number of amides is 3. The Labute approximate surface area is 150 Å². The van der Waals surface area contributed by atoms with Crippen LogP contribution in [0.2, 0.25) is 0 Å². The van der Waals surface area contributed by atoms with E-state index in [1.54, 1.807) is 6.92 Å². The zero-order valence-corrected chi connectivity index (χ0v) is 15.9. The molecule has 3 N–H and O–H groups in total. The average molecular weight is 346 g/mol. The second-order valence-electron chi connectivity index (χ2n) is 7.75. The predicted molar refractivity (Wildman–Crippen MR) is 102 cm³/mol. The molecule has 0 spiro atoms. The molecule has 1 saturated heterocycles. The van der Waals surface area contributed by atoms with Gasteiger partial charge >= 0.3 is 6.03 Å². The third-order valence-corrected chi connectivity index (χ3v) is 4.15. The van der Waals surface area contributed by atoms with Crippen LogP contribution in [0, 0.1) is 6.92 Å². The van der Waals surface area contributed by atoms with Crippen molar-refractivity contribution in [3.8, 4) is 0 Å². The number of anilines is 2. The monoisotopic (exact) mass is 346 g/mol. The molecule has 3 amide bonds. The fourth-order valence-electron chi connectivity index (χ4n) is 2.97. The van der Waals surface area contributed by atoms with Gasteiger partial charge in [0.15, 0.2) is 0 Å². The maximum atomic E-state index is 12.2. The van der Waals surface area contributed by atoms with Crippen molar-refractivity contribution < 1.29 is 9.59 Å². The quantitative estimate of drug-likeness (QED) is 0.783. The molecule has 0 aromatic heterocycles. The molecule has 1 aromatic rings. The molecule has 1 atom stereocenters. The molecule has 1 aliphatic heterocycles. The van der Waals surface area contributed by atoms with Gasteiger partial charge in [-0.3, -0.25) is 10.1 Å². The SMILES string of the molecule is Cc1cc(N[C@@H](C)C(=O)NC(=O)NC(C)(C)C)ccc1N1CCCC1. The van der Waals surface area contributed by atoms with Gasteiger partial charge in [0, 0.05) is 30.0 Å². The third kappa shape index (κ3) is 5.66. The largest absolute Gasteiger partial charge is 0.374 e. The van der Waals surface area contributed by atoms with Crippen LogP contribution in [-0.4, -0.2) is 36.6 Å². The Morgan fingerprint density at radius 1 is 1.16 bits per heavy atom. The second-order valence-corrected chi connectivity index (χ2v) is 7.75. The molecule has 2 rings (SSSR count). The molecule has 0 saturated carbocycles. The summed E-state index contributed by atoms with van der Waals surface area (Å²) in [5.41, 5.74) is 2.93. The van der Waals surface area contributed by atoms with Crippen LogP contribution in [-0.2, 0) is 4.79 Å². The first-order valence-electron chi connectivity index (χ1n) is 8.91. The molecular weight excluding hydrogens is 316 g/mol. The van der Waals surface area contributed by atoms with E-state index in [1.165, 1.54) is 24.1 Å². The minimum atomic E-state index is -0.511. The Hall–Kier alpha value is -2.24. The third-order valence-electron chi connectivity index (χ3n) is 4.15. The maximum Gasteiger partial charge on any atom is 0.321 e. The highest BCUT2D eigenvalue weighted by atomic mass is 16.2. The first-order chi connectivity index (χ1) is 11.7. The fourth-order valence-corrected chi connectivity index (χ4v) is 2.97. The van der Waals surface area contributed by atoms with Crippen LogP contribution in [0.4, 0.5) is 16.2 Å². The lowest BCUT2D eigenvalue weighted by molar-refractivity contribution is -0.120. The smallest absolute Gasteiger partial charge is 0.321 e. The normalized spacial score (nSPS) is 15.6. The van der Waals surface area contributed by atoms with E-state index in [2.05, 4.69) is 33.8 Å². The topological polar surface area (TPSA) is 73.5 Å². The first kappa shape index (κ1) is 19.1. The highest BCUT2D eigenvalue weighted by Crippen LogP contribution is 2.26. The summed E-state index contributed by atoms with van der Waals surface area (Å²) in [4.78, 5) is 26.4. The summed E-state index contributed by atoms with van der Waals surface area (Å²) in [5.74, 6) is -0.358. The number of carbonyl (C=O) groups excluding carboxylic acids is 2. The summed E-state index contributed by atoms with van der Waals surface area (Å²) in [6.07, 6.45) is 2.49. The number of rotatable bonds is 4. The molecule has 138 valence electrons. The Morgan fingerprint density at radius 2 is 1.80 bits per heavy atom. The van der Waals surface area contributed by atoms with Gasteiger partial charge < -0.3 is 15.5 Å². The van der Waals surface area contributed by atoms with Gasteiger partial charge in [0.1, 0.15) is 6.04 Å². The van der Waals surface area contributed by atoms with Gasteiger partial charge in [-0.15, -0.1) is 0 Å². The number of nitrogens with one attached hydrogen (secondary N) is 3. The van der Waals surface area contributed by atoms with Gasteiger partial charge in [0.2, 0.25) is 5.91 Å². The van der Waals surface area contributed by atoms with Crippen LogP contribution in [0.25, 0.3) is 0 Å². The molecule has 0 radical (unpaired) electrons. The number of aryl methyl sites for hydroxylation is 1. The van der Waals surface area contributed by atoms with E-state index in [-0.39, 0.29) is 11.4 Å². The van der Waals surface area contributed by atoms with Gasteiger partial charge in [-0.2, -0.15) is 0 Å². The van der Waals surface area contributed by atoms with E-state index in [1.807, 2.05) is 32.9 Å². The number of urea groups is 1. The lowest BCUT2D eigenvalue weighted by atomic mass is 10.1. The zero-order chi connectivity index (χ0) is 18.6. The number of imide groups is 1. The molecule has 0 unspecified atom stereocenters. The Kier molecular flexibility index (Phi) is 5.93. The molecule has 0 bridgehead atoms. The van der Waals surface area contributed by atoms with E-state index >= 15 is 0 Å².